The molecule has 122 valence electrons. The van der Waals surface area contributed by atoms with Crippen LogP contribution in [-0.2, 0) is 0 Å². The predicted molar refractivity (Wildman–Crippen MR) is 88.3 cm³/mol. The summed E-state index contributed by atoms with van der Waals surface area (Å²) >= 11 is 0. The highest BCUT2D eigenvalue weighted by atomic mass is 16.5. The molecule has 7 nitrogen and oxygen atoms in total. The van der Waals surface area contributed by atoms with Crippen molar-refractivity contribution in [1.82, 2.24) is 10.2 Å². The Morgan fingerprint density at radius 1 is 1.00 bits per heavy atom. The van der Waals surface area contributed by atoms with Crippen LogP contribution in [-0.4, -0.2) is 36.4 Å². The van der Waals surface area contributed by atoms with Gasteiger partial charge in [-0.2, -0.15) is 0 Å². The van der Waals surface area contributed by atoms with Crippen molar-refractivity contribution in [3.63, 3.8) is 0 Å². The molecule has 1 amide bonds. The number of hydrogen-bond acceptors (Lipinski definition) is 6. The van der Waals surface area contributed by atoms with Crippen molar-refractivity contribution in [2.45, 2.75) is 19.9 Å². The molecule has 23 heavy (non-hydrogen) atoms. The Morgan fingerprint density at radius 2 is 1.65 bits per heavy atom. The Labute approximate surface area is 135 Å². The van der Waals surface area contributed by atoms with Gasteiger partial charge >= 0.3 is 0 Å². The molecule has 7 heteroatoms. The highest BCUT2D eigenvalue weighted by Crippen LogP contribution is 2.27. The summed E-state index contributed by atoms with van der Waals surface area (Å²) in [7, 11) is 3.06. The van der Waals surface area contributed by atoms with Crippen molar-refractivity contribution in [2.24, 2.45) is 0 Å². The third-order valence-electron chi connectivity index (χ3n) is 2.99. The van der Waals surface area contributed by atoms with Crippen molar-refractivity contribution in [1.29, 1.82) is 0 Å². The van der Waals surface area contributed by atoms with Crippen molar-refractivity contribution < 1.29 is 14.3 Å². The molecule has 0 fully saturated rings. The lowest BCUT2D eigenvalue weighted by Gasteiger charge is -2.10. The quantitative estimate of drug-likeness (QED) is 0.852. The molecule has 0 bridgehead atoms. The first-order valence-electron chi connectivity index (χ1n) is 7.17. The van der Waals surface area contributed by atoms with Gasteiger partial charge in [0.1, 0.15) is 5.82 Å². The van der Waals surface area contributed by atoms with Crippen molar-refractivity contribution in [3.05, 3.63) is 35.9 Å². The fourth-order valence-corrected chi connectivity index (χ4v) is 1.94. The molecule has 1 aromatic carbocycles. The molecule has 0 radical (unpaired) electrons. The number of benzene rings is 1. The van der Waals surface area contributed by atoms with Gasteiger partial charge in [0.05, 0.1) is 14.2 Å². The number of nitrogens with one attached hydrogen (secondary N) is 2. The maximum absolute atomic E-state index is 12.3. The molecule has 2 N–H and O–H groups in total. The van der Waals surface area contributed by atoms with Gasteiger partial charge in [-0.25, -0.2) is 0 Å². The molecule has 2 rings (SSSR count). The summed E-state index contributed by atoms with van der Waals surface area (Å²) in [6.45, 7) is 4.02. The minimum atomic E-state index is -0.301. The Hall–Kier alpha value is -2.83. The zero-order chi connectivity index (χ0) is 16.8. The van der Waals surface area contributed by atoms with Gasteiger partial charge in [0.2, 0.25) is 0 Å². The van der Waals surface area contributed by atoms with E-state index >= 15 is 0 Å². The number of methoxy groups -OCH3 is 2. The van der Waals surface area contributed by atoms with E-state index in [0.29, 0.717) is 28.7 Å². The summed E-state index contributed by atoms with van der Waals surface area (Å²) in [5, 5.41) is 13.8. The fourth-order valence-electron chi connectivity index (χ4n) is 1.94. The zero-order valence-electron chi connectivity index (χ0n) is 13.6. The minimum Gasteiger partial charge on any atom is -0.493 e. The lowest BCUT2D eigenvalue weighted by Crippen LogP contribution is -2.15. The van der Waals surface area contributed by atoms with Crippen LogP contribution in [0.1, 0.15) is 24.2 Å². The normalized spacial score (nSPS) is 10.3. The smallest absolute Gasteiger partial charge is 0.257 e. The van der Waals surface area contributed by atoms with Crippen LogP contribution in [0.25, 0.3) is 0 Å². The van der Waals surface area contributed by atoms with Crippen molar-refractivity contribution in [2.75, 3.05) is 24.9 Å². The van der Waals surface area contributed by atoms with Crippen LogP contribution in [0.5, 0.6) is 11.5 Å². The second-order valence-corrected chi connectivity index (χ2v) is 5.13. The Morgan fingerprint density at radius 3 is 2.22 bits per heavy atom. The van der Waals surface area contributed by atoms with Crippen LogP contribution in [0.15, 0.2) is 30.3 Å². The van der Waals surface area contributed by atoms with Crippen molar-refractivity contribution in [3.8, 4) is 11.5 Å². The molecule has 0 aliphatic carbocycles. The Kier molecular flexibility index (Phi) is 5.35. The minimum absolute atomic E-state index is 0.261. The molecule has 0 unspecified atom stereocenters. The number of nitrogens with zero attached hydrogens (tertiary/aromatic N) is 2. The molecular formula is C16H20N4O3. The van der Waals surface area contributed by atoms with Crippen LogP contribution in [0.3, 0.4) is 0 Å². The van der Waals surface area contributed by atoms with E-state index in [4.69, 9.17) is 9.47 Å². The monoisotopic (exact) mass is 316 g/mol. The van der Waals surface area contributed by atoms with Crippen LogP contribution >= 0.6 is 0 Å². The molecule has 2 aromatic rings. The van der Waals surface area contributed by atoms with Crippen LogP contribution in [0, 0.1) is 0 Å². The first kappa shape index (κ1) is 16.5. The van der Waals surface area contributed by atoms with Crippen LogP contribution in [0.2, 0.25) is 0 Å². The summed E-state index contributed by atoms with van der Waals surface area (Å²) < 4.78 is 10.3. The number of ether oxygens (including phenoxy) is 2. The third-order valence-corrected chi connectivity index (χ3v) is 2.99. The number of amides is 1. The van der Waals surface area contributed by atoms with E-state index in [-0.39, 0.29) is 11.9 Å². The summed E-state index contributed by atoms with van der Waals surface area (Å²) in [5.74, 6) is 1.78. The van der Waals surface area contributed by atoms with E-state index in [1.54, 1.807) is 37.4 Å². The van der Waals surface area contributed by atoms with Gasteiger partial charge in [0, 0.05) is 11.6 Å². The van der Waals surface area contributed by atoms with E-state index < -0.39 is 0 Å². The molecule has 1 aromatic heterocycles. The average Bonchev–Trinajstić information content (AvgIpc) is 2.55. The van der Waals surface area contributed by atoms with Gasteiger partial charge in [0.25, 0.3) is 5.91 Å². The van der Waals surface area contributed by atoms with Gasteiger partial charge < -0.3 is 20.1 Å². The van der Waals surface area contributed by atoms with Gasteiger partial charge in [-0.1, -0.05) is 0 Å². The summed E-state index contributed by atoms with van der Waals surface area (Å²) in [5.41, 5.74) is 0.439. The molecule has 1 heterocycles. The summed E-state index contributed by atoms with van der Waals surface area (Å²) in [6, 6.07) is 8.65. The number of hydrogen-bond donors (Lipinski definition) is 2. The van der Waals surface area contributed by atoms with E-state index in [0.717, 1.165) is 0 Å². The SMILES string of the molecule is COc1ccc(C(=O)Nc2ccc(NC(C)C)nn2)cc1OC. The van der Waals surface area contributed by atoms with E-state index in [2.05, 4.69) is 20.8 Å². The molecule has 0 atom stereocenters. The largest absolute Gasteiger partial charge is 0.493 e. The van der Waals surface area contributed by atoms with Crippen molar-refractivity contribution >= 4 is 17.5 Å². The van der Waals surface area contributed by atoms with Gasteiger partial charge in [-0.3, -0.25) is 4.79 Å². The molecular weight excluding hydrogens is 296 g/mol. The summed E-state index contributed by atoms with van der Waals surface area (Å²) in [4.78, 5) is 12.3. The first-order valence-corrected chi connectivity index (χ1v) is 7.17. The highest BCUT2D eigenvalue weighted by molar-refractivity contribution is 6.04. The summed E-state index contributed by atoms with van der Waals surface area (Å²) in [6.07, 6.45) is 0. The first-order chi connectivity index (χ1) is 11.0. The fraction of sp³-hybridized carbons (Fsp3) is 0.312. The van der Waals surface area contributed by atoms with Gasteiger partial charge in [-0.05, 0) is 44.2 Å². The van der Waals surface area contributed by atoms with Gasteiger partial charge in [-0.15, -0.1) is 10.2 Å². The lowest BCUT2D eigenvalue weighted by molar-refractivity contribution is 0.102. The van der Waals surface area contributed by atoms with Gasteiger partial charge in [0.15, 0.2) is 17.3 Å². The molecule has 0 aliphatic rings. The number of aromatic nitrogens is 2. The Balaban J connectivity index is 2.09. The van der Waals surface area contributed by atoms with E-state index in [1.807, 2.05) is 13.8 Å². The topological polar surface area (TPSA) is 85.4 Å². The highest BCUT2D eigenvalue weighted by Gasteiger charge is 2.11. The van der Waals surface area contributed by atoms with E-state index in [1.165, 1.54) is 7.11 Å². The molecule has 0 aliphatic heterocycles. The van der Waals surface area contributed by atoms with Crippen LogP contribution in [0.4, 0.5) is 11.6 Å². The molecule has 0 spiro atoms. The van der Waals surface area contributed by atoms with E-state index in [9.17, 15) is 4.79 Å². The number of carbonyl (C=O) groups is 1. The average molecular weight is 316 g/mol. The standard InChI is InChI=1S/C16H20N4O3/c1-10(2)17-14-7-8-15(20-19-14)18-16(21)11-5-6-12(22-3)13(9-11)23-4/h5-10H,1-4H3,(H,17,19)(H,18,20,21). The lowest BCUT2D eigenvalue weighted by atomic mass is 10.2. The maximum Gasteiger partial charge on any atom is 0.257 e. The molecule has 0 saturated heterocycles. The Bertz CT molecular complexity index is 672. The number of carbonyl (C=O) groups excluding carboxylic acids is 1. The number of anilines is 2. The van der Waals surface area contributed by atoms with Crippen LogP contribution < -0.4 is 20.1 Å². The maximum atomic E-state index is 12.3. The third kappa shape index (κ3) is 4.32. The number of rotatable bonds is 6. The molecule has 0 saturated carbocycles. The predicted octanol–water partition coefficient (Wildman–Crippen LogP) is 2.57. The zero-order valence-corrected chi connectivity index (χ0v) is 13.6. The second-order valence-electron chi connectivity index (χ2n) is 5.13. The second kappa shape index (κ2) is 7.44.